The van der Waals surface area contributed by atoms with Gasteiger partial charge in [0.15, 0.2) is 0 Å². The summed E-state index contributed by atoms with van der Waals surface area (Å²) < 4.78 is 5.95. The fourth-order valence-electron chi connectivity index (χ4n) is 3.23. The van der Waals surface area contributed by atoms with Crippen LogP contribution in [0.3, 0.4) is 0 Å². The van der Waals surface area contributed by atoms with Crippen molar-refractivity contribution >= 4 is 5.91 Å². The zero-order valence-corrected chi connectivity index (χ0v) is 14.7. The van der Waals surface area contributed by atoms with Crippen molar-refractivity contribution in [2.24, 2.45) is 5.73 Å². The topological polar surface area (TPSA) is 64.3 Å². The van der Waals surface area contributed by atoms with Gasteiger partial charge >= 0.3 is 0 Å². The highest BCUT2D eigenvalue weighted by Gasteiger charge is 2.22. The molecule has 4 heteroatoms. The number of carbonyl (C=O) groups excluding carboxylic acids is 1. The maximum atomic E-state index is 12.7. The smallest absolute Gasteiger partial charge is 0.255 e. The third-order valence-electron chi connectivity index (χ3n) is 4.88. The van der Waals surface area contributed by atoms with Crippen LogP contribution in [0.1, 0.15) is 47.2 Å². The Labute approximate surface area is 149 Å². The van der Waals surface area contributed by atoms with E-state index in [-0.39, 0.29) is 18.0 Å². The van der Waals surface area contributed by atoms with E-state index in [9.17, 15) is 4.79 Å². The standard InChI is InChI=1S/C21H26N2O2/c1-15-6-2-3-7-16(15)14-25-20-9-5-4-8-19(20)21(24)23-18-12-10-17(22)11-13-18/h2-9,17-18H,10-14,22H2,1H3,(H,23,24). The summed E-state index contributed by atoms with van der Waals surface area (Å²) in [6.45, 7) is 2.51. The summed E-state index contributed by atoms with van der Waals surface area (Å²) in [5.74, 6) is 0.552. The van der Waals surface area contributed by atoms with Gasteiger partial charge < -0.3 is 15.8 Å². The Bertz CT molecular complexity index is 721. The van der Waals surface area contributed by atoms with Crippen molar-refractivity contribution in [2.45, 2.75) is 51.3 Å². The predicted octanol–water partition coefficient (Wildman–Crippen LogP) is 3.57. The molecular formula is C21H26N2O2. The van der Waals surface area contributed by atoms with Gasteiger partial charge in [0.25, 0.3) is 5.91 Å². The van der Waals surface area contributed by atoms with Crippen LogP contribution in [0.4, 0.5) is 0 Å². The molecule has 1 aliphatic rings. The number of aryl methyl sites for hydroxylation is 1. The largest absolute Gasteiger partial charge is 0.488 e. The summed E-state index contributed by atoms with van der Waals surface area (Å²) in [4.78, 5) is 12.7. The first-order chi connectivity index (χ1) is 12.1. The molecular weight excluding hydrogens is 312 g/mol. The molecule has 0 aromatic heterocycles. The molecule has 1 aliphatic carbocycles. The van der Waals surface area contributed by atoms with Crippen LogP contribution in [0.15, 0.2) is 48.5 Å². The number of rotatable bonds is 5. The van der Waals surface area contributed by atoms with Crippen molar-refractivity contribution in [3.05, 3.63) is 65.2 Å². The molecule has 132 valence electrons. The molecule has 1 amide bonds. The van der Waals surface area contributed by atoms with E-state index in [1.54, 1.807) is 0 Å². The van der Waals surface area contributed by atoms with Crippen LogP contribution in [0, 0.1) is 6.92 Å². The summed E-state index contributed by atoms with van der Waals surface area (Å²) in [5.41, 5.74) is 8.83. The highest BCUT2D eigenvalue weighted by molar-refractivity contribution is 5.97. The molecule has 2 aromatic carbocycles. The summed E-state index contributed by atoms with van der Waals surface area (Å²) in [6.07, 6.45) is 3.82. The second-order valence-electron chi connectivity index (χ2n) is 6.80. The molecule has 0 unspecified atom stereocenters. The van der Waals surface area contributed by atoms with Crippen molar-refractivity contribution < 1.29 is 9.53 Å². The van der Waals surface area contributed by atoms with E-state index < -0.39 is 0 Å². The lowest BCUT2D eigenvalue weighted by atomic mass is 9.91. The van der Waals surface area contributed by atoms with Gasteiger partial charge in [-0.05, 0) is 55.9 Å². The van der Waals surface area contributed by atoms with E-state index in [0.717, 1.165) is 31.2 Å². The van der Waals surface area contributed by atoms with Gasteiger partial charge in [-0.3, -0.25) is 4.79 Å². The van der Waals surface area contributed by atoms with E-state index in [2.05, 4.69) is 18.3 Å². The van der Waals surface area contributed by atoms with Crippen LogP contribution in [-0.2, 0) is 6.61 Å². The van der Waals surface area contributed by atoms with Crippen LogP contribution < -0.4 is 15.8 Å². The Morgan fingerprint density at radius 1 is 1.08 bits per heavy atom. The van der Waals surface area contributed by atoms with E-state index in [0.29, 0.717) is 17.9 Å². The molecule has 0 bridgehead atoms. The van der Waals surface area contributed by atoms with Gasteiger partial charge in [0, 0.05) is 12.1 Å². The van der Waals surface area contributed by atoms with E-state index in [1.807, 2.05) is 42.5 Å². The normalized spacial score (nSPS) is 20.1. The Morgan fingerprint density at radius 3 is 2.52 bits per heavy atom. The SMILES string of the molecule is Cc1ccccc1COc1ccccc1C(=O)NC1CCC(N)CC1. The number of benzene rings is 2. The van der Waals surface area contributed by atoms with Gasteiger partial charge in [0.1, 0.15) is 12.4 Å². The first-order valence-electron chi connectivity index (χ1n) is 8.96. The Hall–Kier alpha value is -2.33. The van der Waals surface area contributed by atoms with Crippen LogP contribution in [0.2, 0.25) is 0 Å². The highest BCUT2D eigenvalue weighted by Crippen LogP contribution is 2.22. The number of amides is 1. The summed E-state index contributed by atoms with van der Waals surface area (Å²) in [6, 6.07) is 16.0. The van der Waals surface area contributed by atoms with Crippen molar-refractivity contribution in [2.75, 3.05) is 0 Å². The third kappa shape index (κ3) is 4.60. The first kappa shape index (κ1) is 17.5. The predicted molar refractivity (Wildman–Crippen MR) is 99.7 cm³/mol. The Balaban J connectivity index is 1.66. The zero-order valence-electron chi connectivity index (χ0n) is 14.7. The number of nitrogens with two attached hydrogens (primary N) is 1. The van der Waals surface area contributed by atoms with Gasteiger partial charge in [0.2, 0.25) is 0 Å². The molecule has 3 N–H and O–H groups in total. The third-order valence-corrected chi connectivity index (χ3v) is 4.88. The zero-order chi connectivity index (χ0) is 17.6. The van der Waals surface area contributed by atoms with E-state index in [1.165, 1.54) is 5.56 Å². The Kier molecular flexibility index (Phi) is 5.71. The molecule has 0 aliphatic heterocycles. The number of nitrogens with one attached hydrogen (secondary N) is 1. The first-order valence-corrected chi connectivity index (χ1v) is 8.96. The minimum absolute atomic E-state index is 0.0687. The maximum Gasteiger partial charge on any atom is 0.255 e. The number of para-hydroxylation sites is 1. The minimum Gasteiger partial charge on any atom is -0.488 e. The van der Waals surface area contributed by atoms with Gasteiger partial charge in [-0.25, -0.2) is 0 Å². The van der Waals surface area contributed by atoms with Gasteiger partial charge in [0.05, 0.1) is 5.56 Å². The number of hydrogen-bond donors (Lipinski definition) is 2. The number of carbonyl (C=O) groups is 1. The second-order valence-corrected chi connectivity index (χ2v) is 6.80. The van der Waals surface area contributed by atoms with Crippen molar-refractivity contribution in [1.29, 1.82) is 0 Å². The van der Waals surface area contributed by atoms with Crippen LogP contribution >= 0.6 is 0 Å². The summed E-state index contributed by atoms with van der Waals surface area (Å²) >= 11 is 0. The molecule has 0 spiro atoms. The number of ether oxygens (including phenoxy) is 1. The van der Waals surface area contributed by atoms with Gasteiger partial charge in [-0.2, -0.15) is 0 Å². The van der Waals surface area contributed by atoms with E-state index >= 15 is 0 Å². The van der Waals surface area contributed by atoms with Gasteiger partial charge in [-0.15, -0.1) is 0 Å². The molecule has 1 fully saturated rings. The molecule has 1 saturated carbocycles. The van der Waals surface area contributed by atoms with Crippen LogP contribution in [0.5, 0.6) is 5.75 Å². The monoisotopic (exact) mass is 338 g/mol. The fourth-order valence-corrected chi connectivity index (χ4v) is 3.23. The number of hydrogen-bond acceptors (Lipinski definition) is 3. The lowest BCUT2D eigenvalue weighted by molar-refractivity contribution is 0.0921. The van der Waals surface area contributed by atoms with Crippen LogP contribution in [0.25, 0.3) is 0 Å². The summed E-state index contributed by atoms with van der Waals surface area (Å²) in [7, 11) is 0. The maximum absolute atomic E-state index is 12.7. The minimum atomic E-state index is -0.0687. The highest BCUT2D eigenvalue weighted by atomic mass is 16.5. The average Bonchev–Trinajstić information content (AvgIpc) is 2.63. The molecule has 0 atom stereocenters. The second kappa shape index (κ2) is 8.17. The lowest BCUT2D eigenvalue weighted by Gasteiger charge is -2.27. The average molecular weight is 338 g/mol. The lowest BCUT2D eigenvalue weighted by Crippen LogP contribution is -2.40. The quantitative estimate of drug-likeness (QED) is 0.876. The summed E-state index contributed by atoms with van der Waals surface area (Å²) in [5, 5.41) is 3.13. The van der Waals surface area contributed by atoms with Crippen molar-refractivity contribution in [1.82, 2.24) is 5.32 Å². The van der Waals surface area contributed by atoms with Crippen LogP contribution in [-0.4, -0.2) is 18.0 Å². The molecule has 0 heterocycles. The molecule has 25 heavy (non-hydrogen) atoms. The van der Waals surface area contributed by atoms with Gasteiger partial charge in [-0.1, -0.05) is 36.4 Å². The van der Waals surface area contributed by atoms with Crippen molar-refractivity contribution in [3.8, 4) is 5.75 Å². The molecule has 3 rings (SSSR count). The molecule has 0 saturated heterocycles. The van der Waals surface area contributed by atoms with Crippen molar-refractivity contribution in [3.63, 3.8) is 0 Å². The van der Waals surface area contributed by atoms with E-state index in [4.69, 9.17) is 10.5 Å². The molecule has 0 radical (unpaired) electrons. The molecule has 2 aromatic rings. The Morgan fingerprint density at radius 2 is 1.76 bits per heavy atom. The fraction of sp³-hybridized carbons (Fsp3) is 0.381. The molecule has 4 nitrogen and oxygen atoms in total.